The molecule has 0 amide bonds. The van der Waals surface area contributed by atoms with Crippen molar-refractivity contribution in [2.45, 2.75) is 25.7 Å². The highest BCUT2D eigenvalue weighted by Gasteiger charge is 1.95. The molecule has 16 heavy (non-hydrogen) atoms. The van der Waals surface area contributed by atoms with Gasteiger partial charge in [-0.15, -0.1) is 0 Å². The monoisotopic (exact) mass is 242 g/mol. The van der Waals surface area contributed by atoms with Crippen LogP contribution in [0.2, 0.25) is 0 Å². The average Bonchev–Trinajstić information content (AvgIpc) is 2.28. The number of aromatic nitrogens is 1. The van der Waals surface area contributed by atoms with Crippen LogP contribution in [0.4, 0.5) is 10.2 Å². The van der Waals surface area contributed by atoms with Crippen LogP contribution in [0.1, 0.15) is 25.7 Å². The fraction of sp³-hybridized carbons (Fsp3) is 0.583. The van der Waals surface area contributed by atoms with Crippen LogP contribution in [0.15, 0.2) is 18.2 Å². The highest BCUT2D eigenvalue weighted by molar-refractivity contribution is 7.98. The summed E-state index contributed by atoms with van der Waals surface area (Å²) in [6.45, 7) is 0.871. The molecule has 0 aliphatic heterocycles. The Morgan fingerprint density at radius 2 is 2.06 bits per heavy atom. The maximum atomic E-state index is 12.7. The van der Waals surface area contributed by atoms with Crippen LogP contribution < -0.4 is 5.32 Å². The largest absolute Gasteiger partial charge is 0.370 e. The van der Waals surface area contributed by atoms with Crippen molar-refractivity contribution in [3.8, 4) is 0 Å². The zero-order chi connectivity index (χ0) is 11.6. The van der Waals surface area contributed by atoms with E-state index in [2.05, 4.69) is 16.6 Å². The molecule has 1 heterocycles. The maximum Gasteiger partial charge on any atom is 0.214 e. The first-order chi connectivity index (χ1) is 7.83. The van der Waals surface area contributed by atoms with E-state index in [4.69, 9.17) is 0 Å². The van der Waals surface area contributed by atoms with E-state index >= 15 is 0 Å². The molecule has 0 unspecified atom stereocenters. The van der Waals surface area contributed by atoms with Gasteiger partial charge in [0.25, 0.3) is 0 Å². The lowest BCUT2D eigenvalue weighted by Crippen LogP contribution is -2.03. The predicted octanol–water partition coefficient (Wildman–Crippen LogP) is 3.56. The summed E-state index contributed by atoms with van der Waals surface area (Å²) >= 11 is 1.90. The smallest absolute Gasteiger partial charge is 0.214 e. The van der Waals surface area contributed by atoms with Gasteiger partial charge >= 0.3 is 0 Å². The molecule has 0 atom stereocenters. The molecule has 1 aromatic rings. The van der Waals surface area contributed by atoms with E-state index < -0.39 is 5.95 Å². The van der Waals surface area contributed by atoms with Gasteiger partial charge in [0.15, 0.2) is 0 Å². The van der Waals surface area contributed by atoms with Crippen LogP contribution in [0.25, 0.3) is 0 Å². The third-order valence-corrected chi connectivity index (χ3v) is 2.99. The summed E-state index contributed by atoms with van der Waals surface area (Å²) in [6.07, 6.45) is 7.05. The molecule has 2 nitrogen and oxygen atoms in total. The van der Waals surface area contributed by atoms with E-state index in [1.165, 1.54) is 31.1 Å². The van der Waals surface area contributed by atoms with E-state index in [9.17, 15) is 4.39 Å². The van der Waals surface area contributed by atoms with Crippen molar-refractivity contribution in [1.82, 2.24) is 4.98 Å². The Morgan fingerprint density at radius 1 is 1.25 bits per heavy atom. The van der Waals surface area contributed by atoms with E-state index in [0.29, 0.717) is 5.82 Å². The first-order valence-corrected chi connectivity index (χ1v) is 7.07. The van der Waals surface area contributed by atoms with Gasteiger partial charge < -0.3 is 5.32 Å². The summed E-state index contributed by atoms with van der Waals surface area (Å²) in [5, 5.41) is 3.12. The number of nitrogens with one attached hydrogen (secondary N) is 1. The quantitative estimate of drug-likeness (QED) is 0.557. The lowest BCUT2D eigenvalue weighted by atomic mass is 10.2. The topological polar surface area (TPSA) is 24.9 Å². The fourth-order valence-corrected chi connectivity index (χ4v) is 1.94. The second-order valence-corrected chi connectivity index (χ2v) is 4.66. The van der Waals surface area contributed by atoms with Crippen LogP contribution in [0.5, 0.6) is 0 Å². The maximum absolute atomic E-state index is 12.7. The minimum absolute atomic E-state index is 0.426. The van der Waals surface area contributed by atoms with E-state index in [0.717, 1.165) is 13.0 Å². The molecule has 0 aromatic carbocycles. The van der Waals surface area contributed by atoms with Crippen molar-refractivity contribution in [3.05, 3.63) is 24.1 Å². The molecule has 0 saturated heterocycles. The number of thioether (sulfide) groups is 1. The molecule has 1 rings (SSSR count). The Morgan fingerprint density at radius 3 is 2.81 bits per heavy atom. The SMILES string of the molecule is CSCCCCCCNc1cccc(F)n1. The predicted molar refractivity (Wildman–Crippen MR) is 69.5 cm³/mol. The summed E-state index contributed by atoms with van der Waals surface area (Å²) in [7, 11) is 0. The molecule has 0 saturated carbocycles. The number of nitrogens with zero attached hydrogens (tertiary/aromatic N) is 1. The number of pyridine rings is 1. The van der Waals surface area contributed by atoms with Crippen LogP contribution in [-0.4, -0.2) is 23.5 Å². The first-order valence-electron chi connectivity index (χ1n) is 5.68. The van der Waals surface area contributed by atoms with E-state index in [1.807, 2.05) is 11.8 Å². The van der Waals surface area contributed by atoms with E-state index in [-0.39, 0.29) is 0 Å². The highest BCUT2D eigenvalue weighted by atomic mass is 32.2. The van der Waals surface area contributed by atoms with Gasteiger partial charge in [0.2, 0.25) is 5.95 Å². The summed E-state index contributed by atoms with van der Waals surface area (Å²) in [6, 6.07) is 4.81. The number of unbranched alkanes of at least 4 members (excludes halogenated alkanes) is 3. The van der Waals surface area contributed by atoms with Crippen LogP contribution >= 0.6 is 11.8 Å². The summed E-state index contributed by atoms with van der Waals surface area (Å²) < 4.78 is 12.7. The summed E-state index contributed by atoms with van der Waals surface area (Å²) in [5.41, 5.74) is 0. The van der Waals surface area contributed by atoms with Crippen LogP contribution in [0.3, 0.4) is 0 Å². The van der Waals surface area contributed by atoms with Gasteiger partial charge in [-0.25, -0.2) is 4.98 Å². The minimum atomic E-state index is -0.426. The number of hydrogen-bond acceptors (Lipinski definition) is 3. The van der Waals surface area contributed by atoms with Crippen molar-refractivity contribution >= 4 is 17.6 Å². The van der Waals surface area contributed by atoms with Gasteiger partial charge in [-0.2, -0.15) is 16.2 Å². The van der Waals surface area contributed by atoms with Gasteiger partial charge in [0, 0.05) is 6.54 Å². The fourth-order valence-electron chi connectivity index (χ4n) is 1.45. The molecule has 90 valence electrons. The third-order valence-electron chi connectivity index (χ3n) is 2.30. The van der Waals surface area contributed by atoms with Crippen molar-refractivity contribution in [3.63, 3.8) is 0 Å². The molecule has 0 bridgehead atoms. The molecule has 0 spiro atoms. The third kappa shape index (κ3) is 5.95. The lowest BCUT2D eigenvalue weighted by Gasteiger charge is -2.05. The van der Waals surface area contributed by atoms with Crippen molar-refractivity contribution in [2.24, 2.45) is 0 Å². The van der Waals surface area contributed by atoms with Gasteiger partial charge in [-0.05, 0) is 37.0 Å². The van der Waals surface area contributed by atoms with Gasteiger partial charge in [-0.3, -0.25) is 0 Å². The molecular formula is C12H19FN2S. The molecule has 0 radical (unpaired) electrons. The zero-order valence-corrected chi connectivity index (χ0v) is 10.5. The van der Waals surface area contributed by atoms with E-state index in [1.54, 1.807) is 12.1 Å². The van der Waals surface area contributed by atoms with Gasteiger partial charge in [-0.1, -0.05) is 18.9 Å². The Kier molecular flexibility index (Phi) is 6.97. The Balaban J connectivity index is 2.03. The molecule has 1 N–H and O–H groups in total. The molecular weight excluding hydrogens is 223 g/mol. The standard InChI is InChI=1S/C12H19FN2S/c1-16-10-5-3-2-4-9-14-12-8-6-7-11(13)15-12/h6-8H,2-5,9-10H2,1H3,(H,14,15). The Bertz CT molecular complexity index is 294. The first kappa shape index (κ1) is 13.3. The number of anilines is 1. The Hall–Kier alpha value is -0.770. The molecule has 0 fully saturated rings. The normalized spacial score (nSPS) is 10.4. The number of hydrogen-bond donors (Lipinski definition) is 1. The molecule has 1 aromatic heterocycles. The summed E-state index contributed by atoms with van der Waals surface area (Å²) in [5.74, 6) is 1.45. The molecule has 0 aliphatic carbocycles. The number of rotatable bonds is 8. The Labute approximate surface area is 101 Å². The lowest BCUT2D eigenvalue weighted by molar-refractivity contribution is 0.584. The highest BCUT2D eigenvalue weighted by Crippen LogP contribution is 2.06. The molecule has 4 heteroatoms. The minimum Gasteiger partial charge on any atom is -0.370 e. The van der Waals surface area contributed by atoms with Crippen molar-refractivity contribution < 1.29 is 4.39 Å². The van der Waals surface area contributed by atoms with Gasteiger partial charge in [0.1, 0.15) is 5.82 Å². The zero-order valence-electron chi connectivity index (χ0n) is 9.71. The molecule has 0 aliphatic rings. The van der Waals surface area contributed by atoms with Crippen molar-refractivity contribution in [1.29, 1.82) is 0 Å². The number of halogens is 1. The van der Waals surface area contributed by atoms with Gasteiger partial charge in [0.05, 0.1) is 0 Å². The second-order valence-electron chi connectivity index (χ2n) is 3.68. The second kappa shape index (κ2) is 8.39. The van der Waals surface area contributed by atoms with Crippen LogP contribution in [0, 0.1) is 5.95 Å². The summed E-state index contributed by atoms with van der Waals surface area (Å²) in [4.78, 5) is 3.74. The van der Waals surface area contributed by atoms with Crippen LogP contribution in [-0.2, 0) is 0 Å². The van der Waals surface area contributed by atoms with Crippen molar-refractivity contribution in [2.75, 3.05) is 23.9 Å². The average molecular weight is 242 g/mol.